The number of ether oxygens (including phenoxy) is 1. The van der Waals surface area contributed by atoms with Gasteiger partial charge in [-0.15, -0.1) is 0 Å². The van der Waals surface area contributed by atoms with Gasteiger partial charge in [0.1, 0.15) is 11.6 Å². The fraction of sp³-hybridized carbons (Fsp3) is 0.200. The first-order chi connectivity index (χ1) is 8.95. The van der Waals surface area contributed by atoms with Crippen LogP contribution in [0.1, 0.15) is 18.1 Å². The van der Waals surface area contributed by atoms with Crippen molar-refractivity contribution in [2.45, 2.75) is 12.5 Å². The summed E-state index contributed by atoms with van der Waals surface area (Å²) in [6.45, 7) is 1.75. The smallest absolute Gasteiger partial charge is 0.132 e. The number of halogens is 2. The molecule has 0 radical (unpaired) electrons. The first kappa shape index (κ1) is 13.8. The molecule has 0 saturated heterocycles. The molecule has 0 aliphatic rings. The second-order valence-electron chi connectivity index (χ2n) is 4.56. The normalized spacial score (nSPS) is 13.9. The summed E-state index contributed by atoms with van der Waals surface area (Å²) in [4.78, 5) is 0. The van der Waals surface area contributed by atoms with Crippen LogP contribution >= 0.6 is 11.6 Å². The summed E-state index contributed by atoms with van der Waals surface area (Å²) in [5.41, 5.74) is 6.48. The predicted molar refractivity (Wildman–Crippen MR) is 75.0 cm³/mol. The Hall–Kier alpha value is -1.58. The van der Waals surface area contributed by atoms with Crippen LogP contribution in [-0.2, 0) is 5.54 Å². The van der Waals surface area contributed by atoms with Crippen LogP contribution in [0.5, 0.6) is 5.75 Å². The molecular weight excluding hydrogens is 265 g/mol. The fourth-order valence-electron chi connectivity index (χ4n) is 2.01. The molecule has 0 spiro atoms. The lowest BCUT2D eigenvalue weighted by Crippen LogP contribution is -2.35. The van der Waals surface area contributed by atoms with E-state index in [1.54, 1.807) is 37.3 Å². The molecule has 0 bridgehead atoms. The molecule has 0 aromatic heterocycles. The Balaban J connectivity index is 2.50. The van der Waals surface area contributed by atoms with Gasteiger partial charge in [0.15, 0.2) is 0 Å². The summed E-state index contributed by atoms with van der Waals surface area (Å²) in [5, 5.41) is 0.572. The topological polar surface area (TPSA) is 35.2 Å². The van der Waals surface area contributed by atoms with Gasteiger partial charge in [0, 0.05) is 16.7 Å². The van der Waals surface area contributed by atoms with Crippen molar-refractivity contribution in [3.63, 3.8) is 0 Å². The quantitative estimate of drug-likeness (QED) is 0.929. The van der Waals surface area contributed by atoms with Gasteiger partial charge in [-0.2, -0.15) is 0 Å². The Labute approximate surface area is 117 Å². The molecule has 0 fully saturated rings. The van der Waals surface area contributed by atoms with E-state index in [2.05, 4.69) is 0 Å². The van der Waals surface area contributed by atoms with E-state index >= 15 is 0 Å². The van der Waals surface area contributed by atoms with Gasteiger partial charge in [-0.05, 0) is 30.7 Å². The third kappa shape index (κ3) is 2.72. The summed E-state index contributed by atoms with van der Waals surface area (Å²) in [6.07, 6.45) is 0. The van der Waals surface area contributed by atoms with E-state index in [-0.39, 0.29) is 0 Å². The van der Waals surface area contributed by atoms with E-state index in [0.717, 1.165) is 5.56 Å². The van der Waals surface area contributed by atoms with E-state index in [9.17, 15) is 4.39 Å². The number of rotatable bonds is 3. The van der Waals surface area contributed by atoms with Crippen molar-refractivity contribution in [2.75, 3.05) is 7.11 Å². The van der Waals surface area contributed by atoms with Gasteiger partial charge in [-0.3, -0.25) is 0 Å². The Kier molecular flexibility index (Phi) is 3.78. The maximum absolute atomic E-state index is 14.1. The van der Waals surface area contributed by atoms with Crippen molar-refractivity contribution in [2.24, 2.45) is 5.73 Å². The maximum atomic E-state index is 14.1. The molecule has 19 heavy (non-hydrogen) atoms. The number of methoxy groups -OCH3 is 1. The van der Waals surface area contributed by atoms with Crippen LogP contribution in [0.25, 0.3) is 0 Å². The minimum Gasteiger partial charge on any atom is -0.497 e. The first-order valence-electron chi connectivity index (χ1n) is 5.84. The van der Waals surface area contributed by atoms with E-state index in [4.69, 9.17) is 22.1 Å². The van der Waals surface area contributed by atoms with E-state index in [1.807, 2.05) is 6.07 Å². The van der Waals surface area contributed by atoms with Gasteiger partial charge < -0.3 is 10.5 Å². The van der Waals surface area contributed by atoms with Crippen molar-refractivity contribution < 1.29 is 9.13 Å². The Morgan fingerprint density at radius 2 is 1.95 bits per heavy atom. The molecule has 2 N–H and O–H groups in total. The second-order valence-corrected chi connectivity index (χ2v) is 4.99. The van der Waals surface area contributed by atoms with Gasteiger partial charge >= 0.3 is 0 Å². The predicted octanol–water partition coefficient (Wildman–Crippen LogP) is 3.71. The monoisotopic (exact) mass is 279 g/mol. The average molecular weight is 280 g/mol. The highest BCUT2D eigenvalue weighted by Crippen LogP contribution is 2.31. The highest BCUT2D eigenvalue weighted by molar-refractivity contribution is 6.30. The van der Waals surface area contributed by atoms with Crippen LogP contribution in [0.15, 0.2) is 42.5 Å². The van der Waals surface area contributed by atoms with E-state index < -0.39 is 11.4 Å². The summed E-state index contributed by atoms with van der Waals surface area (Å²) >= 11 is 5.96. The van der Waals surface area contributed by atoms with E-state index in [0.29, 0.717) is 16.3 Å². The molecular formula is C15H15ClFNO. The maximum Gasteiger partial charge on any atom is 0.132 e. The van der Waals surface area contributed by atoms with Gasteiger partial charge in [0.05, 0.1) is 12.6 Å². The van der Waals surface area contributed by atoms with Crippen LogP contribution in [0.3, 0.4) is 0 Å². The molecule has 100 valence electrons. The molecule has 0 amide bonds. The third-order valence-electron chi connectivity index (χ3n) is 3.16. The van der Waals surface area contributed by atoms with Crippen LogP contribution < -0.4 is 10.5 Å². The van der Waals surface area contributed by atoms with E-state index in [1.165, 1.54) is 13.2 Å². The van der Waals surface area contributed by atoms with Crippen molar-refractivity contribution in [1.82, 2.24) is 0 Å². The molecule has 2 aromatic carbocycles. The molecule has 0 heterocycles. The number of nitrogens with two attached hydrogens (primary N) is 1. The Bertz CT molecular complexity index is 598. The molecule has 0 aliphatic heterocycles. The molecule has 1 unspecified atom stereocenters. The number of hydrogen-bond acceptors (Lipinski definition) is 2. The molecule has 4 heteroatoms. The van der Waals surface area contributed by atoms with Gasteiger partial charge in [0.25, 0.3) is 0 Å². The van der Waals surface area contributed by atoms with Crippen LogP contribution in [0, 0.1) is 5.82 Å². The largest absolute Gasteiger partial charge is 0.497 e. The summed E-state index contributed by atoms with van der Waals surface area (Å²) in [5.74, 6) is 0.0625. The van der Waals surface area contributed by atoms with Crippen LogP contribution in [-0.4, -0.2) is 7.11 Å². The highest BCUT2D eigenvalue weighted by atomic mass is 35.5. The third-order valence-corrected chi connectivity index (χ3v) is 3.40. The molecule has 1 atom stereocenters. The second kappa shape index (κ2) is 5.19. The van der Waals surface area contributed by atoms with Crippen LogP contribution in [0.2, 0.25) is 5.02 Å². The lowest BCUT2D eigenvalue weighted by Gasteiger charge is -2.26. The van der Waals surface area contributed by atoms with Crippen LogP contribution in [0.4, 0.5) is 4.39 Å². The summed E-state index contributed by atoms with van der Waals surface area (Å²) in [6, 6.07) is 11.8. The van der Waals surface area contributed by atoms with Crippen molar-refractivity contribution in [3.8, 4) is 5.75 Å². The fourth-order valence-corrected chi connectivity index (χ4v) is 2.20. The zero-order valence-corrected chi connectivity index (χ0v) is 11.5. The SMILES string of the molecule is COc1ccc(C(C)(N)c2cccc(Cl)c2)c(F)c1. The Morgan fingerprint density at radius 3 is 2.53 bits per heavy atom. The molecule has 0 aliphatic carbocycles. The highest BCUT2D eigenvalue weighted by Gasteiger charge is 2.27. The minimum absolute atomic E-state index is 0.399. The zero-order chi connectivity index (χ0) is 14.0. The van der Waals surface area contributed by atoms with Crippen molar-refractivity contribution in [1.29, 1.82) is 0 Å². The number of hydrogen-bond donors (Lipinski definition) is 1. The molecule has 0 saturated carbocycles. The van der Waals surface area contributed by atoms with Gasteiger partial charge in [0.2, 0.25) is 0 Å². The summed E-state index contributed by atoms with van der Waals surface area (Å²) in [7, 11) is 1.49. The van der Waals surface area contributed by atoms with Gasteiger partial charge in [-0.1, -0.05) is 29.8 Å². The molecule has 2 rings (SSSR count). The van der Waals surface area contributed by atoms with Crippen molar-refractivity contribution >= 4 is 11.6 Å². The number of benzene rings is 2. The van der Waals surface area contributed by atoms with Crippen molar-refractivity contribution in [3.05, 3.63) is 64.4 Å². The summed E-state index contributed by atoms with van der Waals surface area (Å²) < 4.78 is 19.1. The van der Waals surface area contributed by atoms with Gasteiger partial charge in [-0.25, -0.2) is 4.39 Å². The first-order valence-corrected chi connectivity index (χ1v) is 6.22. The molecule has 2 aromatic rings. The lowest BCUT2D eigenvalue weighted by molar-refractivity contribution is 0.409. The minimum atomic E-state index is -0.957. The standard InChI is InChI=1S/C15H15ClFNO/c1-15(18,10-4-3-5-11(16)8-10)13-7-6-12(19-2)9-14(13)17/h3-9H,18H2,1-2H3. The lowest BCUT2D eigenvalue weighted by atomic mass is 9.85. The Morgan fingerprint density at radius 1 is 1.21 bits per heavy atom. The average Bonchev–Trinajstić information content (AvgIpc) is 2.38. The zero-order valence-electron chi connectivity index (χ0n) is 10.8. The molecule has 2 nitrogen and oxygen atoms in total.